The molecule has 1 aliphatic carbocycles. The molecule has 1 atom stereocenters. The van der Waals surface area contributed by atoms with Crippen LogP contribution >= 0.6 is 11.3 Å². The summed E-state index contributed by atoms with van der Waals surface area (Å²) in [6, 6.07) is 8.36. The number of benzene rings is 1. The summed E-state index contributed by atoms with van der Waals surface area (Å²) in [7, 11) is 0. The third-order valence-electron chi connectivity index (χ3n) is 6.93. The lowest BCUT2D eigenvalue weighted by Crippen LogP contribution is -2.54. The van der Waals surface area contributed by atoms with E-state index in [1.807, 2.05) is 12.1 Å². The monoisotopic (exact) mass is 521 g/mol. The summed E-state index contributed by atoms with van der Waals surface area (Å²) in [5.41, 5.74) is 8.73. The molecule has 37 heavy (non-hydrogen) atoms. The van der Waals surface area contributed by atoms with Gasteiger partial charge in [0.25, 0.3) is 5.91 Å². The zero-order valence-electron chi connectivity index (χ0n) is 20.1. The fourth-order valence-electron chi connectivity index (χ4n) is 5.20. The number of hydrogen-bond acceptors (Lipinski definition) is 8. The molecule has 3 aromatic rings. The van der Waals surface area contributed by atoms with Crippen molar-refractivity contribution >= 4 is 34.7 Å². The van der Waals surface area contributed by atoms with Gasteiger partial charge in [-0.05, 0) is 37.6 Å². The molecule has 4 heterocycles. The van der Waals surface area contributed by atoms with E-state index >= 15 is 0 Å². The van der Waals surface area contributed by atoms with Gasteiger partial charge in [-0.1, -0.05) is 12.1 Å². The first kappa shape index (κ1) is 23.8. The Morgan fingerprint density at radius 2 is 2.03 bits per heavy atom. The van der Waals surface area contributed by atoms with Crippen molar-refractivity contribution in [1.29, 1.82) is 0 Å². The summed E-state index contributed by atoms with van der Waals surface area (Å²) in [6.07, 6.45) is 1.98. The minimum atomic E-state index is -0.670. The summed E-state index contributed by atoms with van der Waals surface area (Å²) in [5, 5.41) is 17.0. The highest BCUT2D eigenvalue weighted by Crippen LogP contribution is 2.45. The molecule has 12 heteroatoms. The zero-order valence-corrected chi connectivity index (χ0v) is 20.9. The highest BCUT2D eigenvalue weighted by Gasteiger charge is 2.38. The van der Waals surface area contributed by atoms with Crippen molar-refractivity contribution in [3.63, 3.8) is 0 Å². The fraction of sp³-hybridized carbons (Fsp3) is 0.360. The number of nitrogens with two attached hydrogens (primary N) is 1. The Kier molecular flexibility index (Phi) is 6.24. The number of anilines is 1. The number of carbonyl (C=O) groups excluding carboxylic acids is 3. The molecule has 11 nitrogen and oxygen atoms in total. The van der Waals surface area contributed by atoms with Gasteiger partial charge in [-0.2, -0.15) is 5.10 Å². The maximum absolute atomic E-state index is 13.8. The number of aromatic amines is 1. The van der Waals surface area contributed by atoms with E-state index in [0.29, 0.717) is 64.9 Å². The van der Waals surface area contributed by atoms with E-state index < -0.39 is 6.03 Å². The smallest absolute Gasteiger partial charge is 0.334 e. The summed E-state index contributed by atoms with van der Waals surface area (Å²) in [6.45, 7) is 3.62. The second kappa shape index (κ2) is 9.71. The van der Waals surface area contributed by atoms with E-state index in [4.69, 9.17) is 10.5 Å². The molecule has 2 aliphatic heterocycles. The average Bonchev–Trinajstić information content (AvgIpc) is 3.62. The number of carbonyl (C=O) groups is 3. The van der Waals surface area contributed by atoms with Crippen LogP contribution in [0.4, 0.5) is 10.5 Å². The molecule has 2 aromatic heterocycles. The summed E-state index contributed by atoms with van der Waals surface area (Å²) in [5.74, 6) is -0.364. The third-order valence-corrected chi connectivity index (χ3v) is 8.04. The van der Waals surface area contributed by atoms with Crippen molar-refractivity contribution in [2.75, 3.05) is 44.4 Å². The first-order valence-electron chi connectivity index (χ1n) is 12.3. The van der Waals surface area contributed by atoms with Crippen LogP contribution in [-0.2, 0) is 4.74 Å². The Hall–Kier alpha value is -3.58. The maximum atomic E-state index is 13.8. The van der Waals surface area contributed by atoms with Crippen LogP contribution in [-0.4, -0.2) is 78.4 Å². The van der Waals surface area contributed by atoms with E-state index in [1.165, 1.54) is 16.3 Å². The molecule has 6 rings (SSSR count). The Bertz CT molecular complexity index is 1370. The Morgan fingerprint density at radius 3 is 2.78 bits per heavy atom. The standard InChI is InChI=1S/C25H27N7O4S/c26-25(35)32(31-9-11-36-12-10-31)16-5-1-4-15-19(16)23(33)20-21(15)29-30-22(20)17-6-7-18(37-17)24(34)28-14-3-2-8-27-13-14/h1,4-7,14,27H,2-3,8-13H2,(H2,26,35)(H,28,34)(H,29,30). The van der Waals surface area contributed by atoms with Crippen LogP contribution in [0.1, 0.15) is 38.4 Å². The van der Waals surface area contributed by atoms with E-state index in [0.717, 1.165) is 30.8 Å². The Morgan fingerprint density at radius 1 is 1.19 bits per heavy atom. The van der Waals surface area contributed by atoms with Gasteiger partial charge in [0.15, 0.2) is 5.78 Å². The van der Waals surface area contributed by atoms with E-state index in [-0.39, 0.29) is 17.7 Å². The molecular formula is C25H27N7O4S. The van der Waals surface area contributed by atoms with Crippen LogP contribution in [0.15, 0.2) is 30.3 Å². The van der Waals surface area contributed by atoms with Gasteiger partial charge in [-0.15, -0.1) is 11.3 Å². The van der Waals surface area contributed by atoms with Gasteiger partial charge in [0, 0.05) is 31.2 Å². The molecule has 2 fully saturated rings. The first-order valence-corrected chi connectivity index (χ1v) is 13.1. The van der Waals surface area contributed by atoms with Crippen LogP contribution in [0.25, 0.3) is 21.8 Å². The van der Waals surface area contributed by atoms with Crippen LogP contribution < -0.4 is 21.4 Å². The van der Waals surface area contributed by atoms with Gasteiger partial charge in [-0.3, -0.25) is 14.7 Å². The number of morpholine rings is 1. The number of hydrogen-bond donors (Lipinski definition) is 4. The number of ether oxygens (including phenoxy) is 1. The Labute approximate surface area is 216 Å². The fourth-order valence-corrected chi connectivity index (χ4v) is 6.11. The van der Waals surface area contributed by atoms with Crippen molar-refractivity contribution < 1.29 is 19.1 Å². The lowest BCUT2D eigenvalue weighted by Gasteiger charge is -2.36. The Balaban J connectivity index is 1.31. The van der Waals surface area contributed by atoms with Crippen molar-refractivity contribution in [2.45, 2.75) is 18.9 Å². The molecule has 3 aliphatic rings. The second-order valence-corrected chi connectivity index (χ2v) is 10.3. The number of nitrogens with one attached hydrogen (secondary N) is 3. The van der Waals surface area contributed by atoms with Crippen molar-refractivity contribution in [3.05, 3.63) is 46.3 Å². The minimum Gasteiger partial charge on any atom is -0.379 e. The van der Waals surface area contributed by atoms with Crippen LogP contribution in [0.3, 0.4) is 0 Å². The largest absolute Gasteiger partial charge is 0.379 e. The number of thiophene rings is 1. The summed E-state index contributed by atoms with van der Waals surface area (Å²) < 4.78 is 5.41. The predicted octanol–water partition coefficient (Wildman–Crippen LogP) is 1.96. The number of H-pyrrole nitrogens is 1. The number of fused-ring (bicyclic) bond motifs is 3. The van der Waals surface area contributed by atoms with Gasteiger partial charge in [0.2, 0.25) is 0 Å². The number of piperidine rings is 1. The van der Waals surface area contributed by atoms with Crippen molar-refractivity contribution in [3.8, 4) is 21.8 Å². The highest BCUT2D eigenvalue weighted by molar-refractivity contribution is 7.17. The molecule has 1 unspecified atom stereocenters. The molecule has 2 saturated heterocycles. The topological polar surface area (TPSA) is 146 Å². The van der Waals surface area contributed by atoms with E-state index in [1.54, 1.807) is 23.2 Å². The van der Waals surface area contributed by atoms with E-state index in [2.05, 4.69) is 20.8 Å². The molecule has 192 valence electrons. The molecule has 0 radical (unpaired) electrons. The highest BCUT2D eigenvalue weighted by atomic mass is 32.1. The van der Waals surface area contributed by atoms with Gasteiger partial charge in [0.05, 0.1) is 45.5 Å². The van der Waals surface area contributed by atoms with Gasteiger partial charge < -0.3 is 21.1 Å². The second-order valence-electron chi connectivity index (χ2n) is 9.25. The molecule has 0 bridgehead atoms. The van der Waals surface area contributed by atoms with Crippen molar-refractivity contribution in [2.24, 2.45) is 5.73 Å². The maximum Gasteiger partial charge on any atom is 0.334 e. The molecule has 3 amide bonds. The average molecular weight is 522 g/mol. The number of amides is 3. The quantitative estimate of drug-likeness (QED) is 0.314. The van der Waals surface area contributed by atoms with Crippen LogP contribution in [0, 0.1) is 0 Å². The number of primary amides is 1. The predicted molar refractivity (Wildman–Crippen MR) is 139 cm³/mol. The molecule has 1 aromatic carbocycles. The number of urea groups is 1. The first-order chi connectivity index (χ1) is 18.0. The van der Waals surface area contributed by atoms with Crippen molar-refractivity contribution in [1.82, 2.24) is 25.8 Å². The normalized spacial score (nSPS) is 19.4. The summed E-state index contributed by atoms with van der Waals surface area (Å²) in [4.78, 5) is 40.5. The van der Waals surface area contributed by atoms with Gasteiger partial charge >= 0.3 is 6.03 Å². The molecular weight excluding hydrogens is 494 g/mol. The van der Waals surface area contributed by atoms with Gasteiger partial charge in [-0.25, -0.2) is 14.8 Å². The van der Waals surface area contributed by atoms with E-state index in [9.17, 15) is 14.4 Å². The van der Waals surface area contributed by atoms with Gasteiger partial charge in [0.1, 0.15) is 5.69 Å². The minimum absolute atomic E-state index is 0.109. The third kappa shape index (κ3) is 4.21. The number of aromatic nitrogens is 2. The molecule has 0 saturated carbocycles. The van der Waals surface area contributed by atoms with Crippen LogP contribution in [0.2, 0.25) is 0 Å². The molecule has 5 N–H and O–H groups in total. The number of ketones is 1. The number of nitrogens with zero attached hydrogens (tertiary/aromatic N) is 3. The molecule has 0 spiro atoms. The lowest BCUT2D eigenvalue weighted by atomic mass is 10.1. The lowest BCUT2D eigenvalue weighted by molar-refractivity contribution is 0.0364. The number of rotatable bonds is 5. The zero-order chi connectivity index (χ0) is 25.5. The summed E-state index contributed by atoms with van der Waals surface area (Å²) >= 11 is 1.31. The number of hydrazine groups is 1. The SMILES string of the molecule is NC(=O)N(c1cccc2c1C(=O)c1c-2n[nH]c1-c1ccc(C(=O)NC2CCCNC2)s1)N1CCOCC1. The van der Waals surface area contributed by atoms with Crippen LogP contribution in [0.5, 0.6) is 0 Å².